The number of likely N-dealkylation sites (N-methyl/N-ethyl adjacent to an activating group) is 1. The lowest BCUT2D eigenvalue weighted by atomic mass is 9.92. The summed E-state index contributed by atoms with van der Waals surface area (Å²) in [4.78, 5) is 35.2. The highest BCUT2D eigenvalue weighted by atomic mass is 16.2. The van der Waals surface area contributed by atoms with Crippen LogP contribution < -0.4 is 0 Å². The molecule has 1 spiro atoms. The number of carbonyl (C=O) groups is 2. The van der Waals surface area contributed by atoms with Gasteiger partial charge in [-0.1, -0.05) is 0 Å². The van der Waals surface area contributed by atoms with Gasteiger partial charge in [-0.15, -0.1) is 0 Å². The van der Waals surface area contributed by atoms with Crippen molar-refractivity contribution in [3.63, 3.8) is 0 Å². The second kappa shape index (κ2) is 7.36. The first-order valence-corrected chi connectivity index (χ1v) is 11.1. The minimum absolute atomic E-state index is 0.0160. The largest absolute Gasteiger partial charge is 0.338 e. The van der Waals surface area contributed by atoms with Gasteiger partial charge in [-0.3, -0.25) is 14.5 Å². The molecule has 1 aliphatic carbocycles. The third kappa shape index (κ3) is 3.19. The molecule has 3 aliphatic heterocycles. The predicted octanol–water partition coefficient (Wildman–Crippen LogP) is 1.36. The van der Waals surface area contributed by atoms with E-state index in [1.54, 1.807) is 24.3 Å². The Balaban J connectivity index is 1.34. The van der Waals surface area contributed by atoms with Crippen molar-refractivity contribution in [3.05, 3.63) is 35.4 Å². The molecule has 7 nitrogen and oxygen atoms in total. The number of piperazine rings is 1. The summed E-state index contributed by atoms with van der Waals surface area (Å²) in [5.74, 6) is 0.964. The normalized spacial score (nSPS) is 26.7. The van der Waals surface area contributed by atoms with E-state index in [9.17, 15) is 9.59 Å². The van der Waals surface area contributed by atoms with Crippen LogP contribution in [0.3, 0.4) is 0 Å². The highest BCUT2D eigenvalue weighted by molar-refractivity contribution is 5.94. The van der Waals surface area contributed by atoms with Crippen LogP contribution >= 0.6 is 0 Å². The Morgan fingerprint density at radius 3 is 2.47 bits per heavy atom. The summed E-state index contributed by atoms with van der Waals surface area (Å²) in [6, 6.07) is 8.92. The van der Waals surface area contributed by atoms with E-state index in [-0.39, 0.29) is 17.6 Å². The fourth-order valence-corrected chi connectivity index (χ4v) is 5.48. The van der Waals surface area contributed by atoms with E-state index in [2.05, 4.69) is 27.8 Å². The molecule has 3 saturated heterocycles. The Morgan fingerprint density at radius 1 is 1.13 bits per heavy atom. The summed E-state index contributed by atoms with van der Waals surface area (Å²) in [5.41, 5.74) is 0.956. The number of piperidine rings is 1. The zero-order valence-corrected chi connectivity index (χ0v) is 17.6. The first-order chi connectivity index (χ1) is 14.5. The molecular weight excluding hydrogens is 378 g/mol. The van der Waals surface area contributed by atoms with Crippen LogP contribution in [-0.2, 0) is 4.79 Å². The highest BCUT2D eigenvalue weighted by Crippen LogP contribution is 2.44. The van der Waals surface area contributed by atoms with E-state index in [0.29, 0.717) is 36.0 Å². The number of nitriles is 1. The van der Waals surface area contributed by atoms with E-state index in [4.69, 9.17) is 5.26 Å². The molecule has 4 fully saturated rings. The minimum atomic E-state index is -0.229. The lowest BCUT2D eigenvalue weighted by Gasteiger charge is -2.50. The second-order valence-electron chi connectivity index (χ2n) is 9.33. The Hall–Kier alpha value is -2.43. The fraction of sp³-hybridized carbons (Fsp3) is 0.609. The molecule has 3 heterocycles. The van der Waals surface area contributed by atoms with Crippen LogP contribution in [0, 0.1) is 17.2 Å². The van der Waals surface area contributed by atoms with Crippen molar-refractivity contribution in [2.75, 3.05) is 46.3 Å². The maximum Gasteiger partial charge on any atom is 0.253 e. The van der Waals surface area contributed by atoms with Crippen molar-refractivity contribution >= 4 is 11.8 Å². The third-order valence-corrected chi connectivity index (χ3v) is 7.42. The molecule has 0 N–H and O–H groups in total. The van der Waals surface area contributed by atoms with Crippen molar-refractivity contribution in [2.24, 2.45) is 5.92 Å². The molecule has 0 aromatic heterocycles. The number of fused-ring (bicyclic) bond motifs is 2. The van der Waals surface area contributed by atoms with Gasteiger partial charge >= 0.3 is 0 Å². The van der Waals surface area contributed by atoms with E-state index in [1.807, 2.05) is 4.90 Å². The number of carbonyl (C=O) groups excluding carboxylic acids is 2. The SMILES string of the molecule is CN1CCN2[C@H](C1)C(=O)N(CC1CC1)C21CCN(C(=O)c2ccc(C#N)cc2)CC1. The van der Waals surface area contributed by atoms with Gasteiger partial charge in [-0.2, -0.15) is 5.26 Å². The van der Waals surface area contributed by atoms with Crippen molar-refractivity contribution in [1.82, 2.24) is 19.6 Å². The first-order valence-electron chi connectivity index (χ1n) is 11.1. The molecule has 0 radical (unpaired) electrons. The average Bonchev–Trinajstić information content (AvgIpc) is 3.58. The number of hydrogen-bond acceptors (Lipinski definition) is 5. The predicted molar refractivity (Wildman–Crippen MR) is 111 cm³/mol. The van der Waals surface area contributed by atoms with Crippen molar-refractivity contribution in [1.29, 1.82) is 5.26 Å². The maximum absolute atomic E-state index is 13.4. The molecular formula is C23H29N5O2. The first kappa shape index (κ1) is 19.5. The van der Waals surface area contributed by atoms with Gasteiger partial charge in [0.25, 0.3) is 5.91 Å². The number of likely N-dealkylation sites (tertiary alicyclic amines) is 1. The van der Waals surface area contributed by atoms with Gasteiger partial charge in [-0.05, 0) is 50.1 Å². The van der Waals surface area contributed by atoms with Gasteiger partial charge in [-0.25, -0.2) is 0 Å². The number of rotatable bonds is 3. The van der Waals surface area contributed by atoms with Crippen LogP contribution in [-0.4, -0.2) is 89.4 Å². The van der Waals surface area contributed by atoms with Gasteiger partial charge in [0, 0.05) is 57.7 Å². The molecule has 0 bridgehead atoms. The summed E-state index contributed by atoms with van der Waals surface area (Å²) in [5, 5.41) is 8.97. The fourth-order valence-electron chi connectivity index (χ4n) is 5.48. The van der Waals surface area contributed by atoms with Gasteiger partial charge < -0.3 is 14.7 Å². The number of benzene rings is 1. The minimum Gasteiger partial charge on any atom is -0.338 e. The topological polar surface area (TPSA) is 70.9 Å². The smallest absolute Gasteiger partial charge is 0.253 e. The Kier molecular flexibility index (Phi) is 4.79. The second-order valence-corrected chi connectivity index (χ2v) is 9.33. The van der Waals surface area contributed by atoms with Gasteiger partial charge in [0.2, 0.25) is 5.91 Å². The Morgan fingerprint density at radius 2 is 1.83 bits per heavy atom. The van der Waals surface area contributed by atoms with Crippen molar-refractivity contribution in [3.8, 4) is 6.07 Å². The third-order valence-electron chi connectivity index (χ3n) is 7.42. The van der Waals surface area contributed by atoms with E-state index >= 15 is 0 Å². The van der Waals surface area contributed by atoms with Gasteiger partial charge in [0.15, 0.2) is 0 Å². The monoisotopic (exact) mass is 407 g/mol. The molecule has 4 aliphatic rings. The summed E-state index contributed by atoms with van der Waals surface area (Å²) < 4.78 is 0. The van der Waals surface area contributed by atoms with Crippen LogP contribution in [0.1, 0.15) is 41.6 Å². The van der Waals surface area contributed by atoms with E-state index in [1.165, 1.54) is 12.8 Å². The molecule has 1 aromatic rings. The molecule has 2 amide bonds. The van der Waals surface area contributed by atoms with E-state index in [0.717, 1.165) is 39.0 Å². The van der Waals surface area contributed by atoms with Crippen molar-refractivity contribution in [2.45, 2.75) is 37.4 Å². The lowest BCUT2D eigenvalue weighted by molar-refractivity contribution is -0.134. The van der Waals surface area contributed by atoms with Gasteiger partial charge in [0.1, 0.15) is 11.7 Å². The number of amides is 2. The number of hydrogen-bond donors (Lipinski definition) is 0. The Labute approximate surface area is 177 Å². The van der Waals surface area contributed by atoms with Crippen molar-refractivity contribution < 1.29 is 9.59 Å². The van der Waals surface area contributed by atoms with Crippen LogP contribution in [0.15, 0.2) is 24.3 Å². The molecule has 1 atom stereocenters. The number of nitrogens with zero attached hydrogens (tertiary/aromatic N) is 5. The summed E-state index contributed by atoms with van der Waals surface area (Å²) in [7, 11) is 2.10. The zero-order chi connectivity index (χ0) is 20.9. The molecule has 30 heavy (non-hydrogen) atoms. The maximum atomic E-state index is 13.4. The van der Waals surface area contributed by atoms with Crippen LogP contribution in [0.25, 0.3) is 0 Å². The van der Waals surface area contributed by atoms with Crippen LogP contribution in [0.2, 0.25) is 0 Å². The average molecular weight is 408 g/mol. The highest BCUT2D eigenvalue weighted by Gasteiger charge is 2.59. The summed E-state index contributed by atoms with van der Waals surface area (Å²) in [6.07, 6.45) is 4.09. The summed E-state index contributed by atoms with van der Waals surface area (Å²) in [6.45, 7) is 4.89. The molecule has 1 aromatic carbocycles. The molecule has 158 valence electrons. The zero-order valence-electron chi connectivity index (χ0n) is 17.6. The van der Waals surface area contributed by atoms with E-state index < -0.39 is 0 Å². The molecule has 5 rings (SSSR count). The molecule has 0 unspecified atom stereocenters. The Bertz CT molecular complexity index is 880. The molecule has 7 heteroatoms. The quantitative estimate of drug-likeness (QED) is 0.757. The lowest BCUT2D eigenvalue weighted by Crippen LogP contribution is -2.63. The summed E-state index contributed by atoms with van der Waals surface area (Å²) >= 11 is 0. The van der Waals surface area contributed by atoms with Crippen LogP contribution in [0.4, 0.5) is 0 Å². The van der Waals surface area contributed by atoms with Gasteiger partial charge in [0.05, 0.1) is 11.6 Å². The molecule has 1 saturated carbocycles. The van der Waals surface area contributed by atoms with Crippen LogP contribution in [0.5, 0.6) is 0 Å². The standard InChI is InChI=1S/C23H29N5O2/c1-25-12-13-27-20(16-25)22(30)28(15-18-2-3-18)23(27)8-10-26(11-9-23)21(29)19-6-4-17(14-24)5-7-19/h4-7,18,20H,2-3,8-13,15-16H2,1H3/t20-/m1/s1.